The number of carboxylic acid groups (broad SMARTS) is 2. The van der Waals surface area contributed by atoms with Crippen molar-refractivity contribution in [2.45, 2.75) is 33.1 Å². The van der Waals surface area contributed by atoms with E-state index < -0.39 is 17.9 Å². The predicted octanol–water partition coefficient (Wildman–Crippen LogP) is 1.28. The van der Waals surface area contributed by atoms with Crippen LogP contribution in [0, 0.1) is 5.92 Å². The highest BCUT2D eigenvalue weighted by Gasteiger charge is 2.16. The standard InChI is InChI=1S/C11H21NO4/c1-3-4-6-12(7-5-10(13)14)8-9(2)11(15)16/h9H,3-8H2,1-2H3,(H,13,14)(H,15,16). The lowest BCUT2D eigenvalue weighted by atomic mass is 10.1. The fraction of sp³-hybridized carbons (Fsp3) is 0.818. The second-order valence-corrected chi connectivity index (χ2v) is 4.04. The number of aliphatic carboxylic acids is 2. The number of hydrogen-bond donors (Lipinski definition) is 2. The van der Waals surface area contributed by atoms with E-state index in [0.29, 0.717) is 13.1 Å². The maximum Gasteiger partial charge on any atom is 0.307 e. The molecule has 5 heteroatoms. The van der Waals surface area contributed by atoms with Crippen LogP contribution in [0.3, 0.4) is 0 Å². The van der Waals surface area contributed by atoms with E-state index >= 15 is 0 Å². The second-order valence-electron chi connectivity index (χ2n) is 4.04. The summed E-state index contributed by atoms with van der Waals surface area (Å²) in [5.74, 6) is -2.13. The minimum atomic E-state index is -0.843. The molecule has 94 valence electrons. The van der Waals surface area contributed by atoms with Crippen molar-refractivity contribution in [2.24, 2.45) is 5.92 Å². The molecular formula is C11H21NO4. The maximum atomic E-state index is 10.7. The fourth-order valence-corrected chi connectivity index (χ4v) is 1.40. The van der Waals surface area contributed by atoms with Gasteiger partial charge in [-0.2, -0.15) is 0 Å². The average Bonchev–Trinajstić information content (AvgIpc) is 2.21. The van der Waals surface area contributed by atoms with E-state index in [0.717, 1.165) is 19.4 Å². The molecule has 0 bridgehead atoms. The van der Waals surface area contributed by atoms with Gasteiger partial charge < -0.3 is 15.1 Å². The lowest BCUT2D eigenvalue weighted by molar-refractivity contribution is -0.141. The highest BCUT2D eigenvalue weighted by atomic mass is 16.4. The third kappa shape index (κ3) is 7.23. The molecule has 0 aromatic heterocycles. The summed E-state index contributed by atoms with van der Waals surface area (Å²) in [6.07, 6.45) is 2.05. The van der Waals surface area contributed by atoms with Crippen molar-refractivity contribution in [1.82, 2.24) is 4.90 Å². The van der Waals surface area contributed by atoms with Gasteiger partial charge >= 0.3 is 11.9 Å². The van der Waals surface area contributed by atoms with Crippen molar-refractivity contribution >= 4 is 11.9 Å². The quantitative estimate of drug-likeness (QED) is 0.625. The van der Waals surface area contributed by atoms with Gasteiger partial charge in [0.1, 0.15) is 0 Å². The van der Waals surface area contributed by atoms with E-state index in [2.05, 4.69) is 6.92 Å². The van der Waals surface area contributed by atoms with Gasteiger partial charge in [-0.15, -0.1) is 0 Å². The molecule has 0 amide bonds. The molecule has 16 heavy (non-hydrogen) atoms. The molecule has 0 aromatic carbocycles. The smallest absolute Gasteiger partial charge is 0.307 e. The summed E-state index contributed by atoms with van der Waals surface area (Å²) in [7, 11) is 0. The molecule has 0 radical (unpaired) electrons. The van der Waals surface area contributed by atoms with Gasteiger partial charge in [-0.3, -0.25) is 9.59 Å². The molecular weight excluding hydrogens is 210 g/mol. The Kier molecular flexibility index (Phi) is 7.54. The zero-order valence-electron chi connectivity index (χ0n) is 9.98. The molecule has 0 aliphatic heterocycles. The van der Waals surface area contributed by atoms with Gasteiger partial charge in [-0.1, -0.05) is 20.3 Å². The van der Waals surface area contributed by atoms with Crippen molar-refractivity contribution in [2.75, 3.05) is 19.6 Å². The first-order valence-corrected chi connectivity index (χ1v) is 5.64. The van der Waals surface area contributed by atoms with Crippen LogP contribution in [0.4, 0.5) is 0 Å². The molecule has 1 atom stereocenters. The average molecular weight is 231 g/mol. The van der Waals surface area contributed by atoms with Gasteiger partial charge in [0, 0.05) is 13.1 Å². The Bertz CT molecular complexity index is 230. The van der Waals surface area contributed by atoms with Gasteiger partial charge in [-0.05, 0) is 13.0 Å². The van der Waals surface area contributed by atoms with Crippen molar-refractivity contribution in [3.8, 4) is 0 Å². The molecule has 0 aliphatic rings. The Hall–Kier alpha value is -1.10. The van der Waals surface area contributed by atoms with Gasteiger partial charge in [0.05, 0.1) is 12.3 Å². The maximum absolute atomic E-state index is 10.7. The van der Waals surface area contributed by atoms with E-state index in [1.165, 1.54) is 0 Å². The summed E-state index contributed by atoms with van der Waals surface area (Å²) in [6, 6.07) is 0. The highest BCUT2D eigenvalue weighted by molar-refractivity contribution is 5.69. The van der Waals surface area contributed by atoms with Crippen LogP contribution in [-0.2, 0) is 9.59 Å². The Labute approximate surface area is 96.1 Å². The molecule has 0 saturated heterocycles. The van der Waals surface area contributed by atoms with Crippen LogP contribution in [-0.4, -0.2) is 46.7 Å². The first-order valence-electron chi connectivity index (χ1n) is 5.64. The molecule has 5 nitrogen and oxygen atoms in total. The first-order chi connectivity index (χ1) is 7.47. The Morgan fingerprint density at radius 3 is 2.31 bits per heavy atom. The third-order valence-corrected chi connectivity index (χ3v) is 2.42. The van der Waals surface area contributed by atoms with Crippen LogP contribution in [0.25, 0.3) is 0 Å². The van der Waals surface area contributed by atoms with Gasteiger partial charge in [-0.25, -0.2) is 0 Å². The molecule has 2 N–H and O–H groups in total. The minimum Gasteiger partial charge on any atom is -0.481 e. The summed E-state index contributed by atoms with van der Waals surface area (Å²) in [5, 5.41) is 17.4. The summed E-state index contributed by atoms with van der Waals surface area (Å²) in [4.78, 5) is 23.1. The van der Waals surface area contributed by atoms with Gasteiger partial charge in [0.2, 0.25) is 0 Å². The van der Waals surface area contributed by atoms with Crippen molar-refractivity contribution < 1.29 is 19.8 Å². The molecule has 0 aliphatic carbocycles. The number of rotatable bonds is 9. The number of carboxylic acids is 2. The normalized spacial score (nSPS) is 12.7. The Morgan fingerprint density at radius 1 is 1.25 bits per heavy atom. The summed E-state index contributed by atoms with van der Waals surface area (Å²) >= 11 is 0. The Morgan fingerprint density at radius 2 is 1.88 bits per heavy atom. The van der Waals surface area contributed by atoms with E-state index in [4.69, 9.17) is 10.2 Å². The lowest BCUT2D eigenvalue weighted by Crippen LogP contribution is -2.34. The van der Waals surface area contributed by atoms with Crippen molar-refractivity contribution in [3.05, 3.63) is 0 Å². The second kappa shape index (κ2) is 8.10. The summed E-state index contributed by atoms with van der Waals surface area (Å²) in [6.45, 7) is 5.30. The van der Waals surface area contributed by atoms with Gasteiger partial charge in [0.15, 0.2) is 0 Å². The van der Waals surface area contributed by atoms with Crippen LogP contribution < -0.4 is 0 Å². The van der Waals surface area contributed by atoms with E-state index in [9.17, 15) is 9.59 Å². The molecule has 0 saturated carbocycles. The lowest BCUT2D eigenvalue weighted by Gasteiger charge is -2.23. The third-order valence-electron chi connectivity index (χ3n) is 2.42. The molecule has 0 fully saturated rings. The number of carbonyl (C=O) groups is 2. The first kappa shape index (κ1) is 14.9. The molecule has 1 unspecified atom stereocenters. The van der Waals surface area contributed by atoms with Crippen LogP contribution >= 0.6 is 0 Å². The SMILES string of the molecule is CCCCN(CCC(=O)O)CC(C)C(=O)O. The number of unbranched alkanes of at least 4 members (excludes halogenated alkanes) is 1. The van der Waals surface area contributed by atoms with Crippen molar-refractivity contribution in [3.63, 3.8) is 0 Å². The van der Waals surface area contributed by atoms with E-state index in [1.54, 1.807) is 6.92 Å². The van der Waals surface area contributed by atoms with Crippen LogP contribution in [0.2, 0.25) is 0 Å². The Balaban J connectivity index is 4.08. The van der Waals surface area contributed by atoms with Crippen LogP contribution in [0.15, 0.2) is 0 Å². The van der Waals surface area contributed by atoms with E-state index in [1.807, 2.05) is 4.90 Å². The van der Waals surface area contributed by atoms with Crippen molar-refractivity contribution in [1.29, 1.82) is 0 Å². The van der Waals surface area contributed by atoms with Crippen LogP contribution in [0.1, 0.15) is 33.1 Å². The van der Waals surface area contributed by atoms with Crippen LogP contribution in [0.5, 0.6) is 0 Å². The molecule has 0 spiro atoms. The molecule has 0 aromatic rings. The number of hydrogen-bond acceptors (Lipinski definition) is 3. The predicted molar refractivity (Wildman–Crippen MR) is 60.4 cm³/mol. The van der Waals surface area contributed by atoms with Gasteiger partial charge in [0.25, 0.3) is 0 Å². The summed E-state index contributed by atoms with van der Waals surface area (Å²) < 4.78 is 0. The zero-order valence-corrected chi connectivity index (χ0v) is 9.98. The highest BCUT2D eigenvalue weighted by Crippen LogP contribution is 2.03. The monoisotopic (exact) mass is 231 g/mol. The fourth-order valence-electron chi connectivity index (χ4n) is 1.40. The molecule has 0 heterocycles. The number of nitrogens with zero attached hydrogens (tertiary/aromatic N) is 1. The largest absolute Gasteiger partial charge is 0.481 e. The topological polar surface area (TPSA) is 77.8 Å². The molecule has 0 rings (SSSR count). The zero-order chi connectivity index (χ0) is 12.6. The summed E-state index contributed by atoms with van der Waals surface area (Å²) in [5.41, 5.74) is 0. The minimum absolute atomic E-state index is 0.0655. The van der Waals surface area contributed by atoms with E-state index in [-0.39, 0.29) is 6.42 Å².